The lowest BCUT2D eigenvalue weighted by molar-refractivity contribution is -0.124. The van der Waals surface area contributed by atoms with Crippen LogP contribution in [0.5, 0.6) is 5.75 Å². The van der Waals surface area contributed by atoms with Crippen LogP contribution in [0.15, 0.2) is 53.4 Å². The number of para-hydroxylation sites is 1. The fourth-order valence-corrected chi connectivity index (χ4v) is 4.63. The quantitative estimate of drug-likeness (QED) is 0.811. The van der Waals surface area contributed by atoms with E-state index in [2.05, 4.69) is 0 Å². The largest absolute Gasteiger partial charge is 0.494 e. The highest BCUT2D eigenvalue weighted by Gasteiger charge is 2.38. The average Bonchev–Trinajstić information content (AvgIpc) is 3.09. The fraction of sp³-hybridized carbons (Fsp3) is 0.333. The summed E-state index contributed by atoms with van der Waals surface area (Å²) in [5.74, 6) is 1.40. The molecule has 2 aromatic rings. The lowest BCUT2D eigenvalue weighted by Crippen LogP contribution is -2.40. The molecule has 2 aliphatic rings. The number of thioether (sulfide) groups is 1. The van der Waals surface area contributed by atoms with Crippen LogP contribution < -0.4 is 14.5 Å². The van der Waals surface area contributed by atoms with Crippen LogP contribution in [0.25, 0.3) is 0 Å². The fourth-order valence-electron chi connectivity index (χ4n) is 3.63. The molecule has 2 aliphatic heterocycles. The van der Waals surface area contributed by atoms with Crippen LogP contribution in [-0.4, -0.2) is 37.3 Å². The second-order valence-electron chi connectivity index (χ2n) is 6.64. The van der Waals surface area contributed by atoms with Crippen LogP contribution in [0.3, 0.4) is 0 Å². The normalized spacial score (nSPS) is 19.1. The second kappa shape index (κ2) is 7.64. The summed E-state index contributed by atoms with van der Waals surface area (Å²) >= 11 is 1.77. The van der Waals surface area contributed by atoms with Gasteiger partial charge in [0.2, 0.25) is 11.8 Å². The monoisotopic (exact) mass is 382 g/mol. The summed E-state index contributed by atoms with van der Waals surface area (Å²) in [5.41, 5.74) is 1.78. The van der Waals surface area contributed by atoms with Gasteiger partial charge in [-0.05, 0) is 43.3 Å². The van der Waals surface area contributed by atoms with Gasteiger partial charge in [0.05, 0.1) is 18.2 Å². The van der Waals surface area contributed by atoms with E-state index in [-0.39, 0.29) is 24.2 Å². The van der Waals surface area contributed by atoms with Crippen molar-refractivity contribution in [2.75, 3.05) is 35.2 Å². The van der Waals surface area contributed by atoms with E-state index in [9.17, 15) is 9.59 Å². The molecule has 0 spiro atoms. The molecule has 0 N–H and O–H groups in total. The Labute approximate surface area is 163 Å². The van der Waals surface area contributed by atoms with Crippen LogP contribution >= 0.6 is 11.8 Å². The molecule has 1 unspecified atom stereocenters. The number of carbonyl (C=O) groups is 2. The Morgan fingerprint density at radius 2 is 1.96 bits per heavy atom. The molecule has 0 bridgehead atoms. The van der Waals surface area contributed by atoms with E-state index in [0.29, 0.717) is 19.7 Å². The second-order valence-corrected chi connectivity index (χ2v) is 7.78. The van der Waals surface area contributed by atoms with Crippen molar-refractivity contribution < 1.29 is 14.3 Å². The average molecular weight is 382 g/mol. The highest BCUT2D eigenvalue weighted by molar-refractivity contribution is 7.99. The summed E-state index contributed by atoms with van der Waals surface area (Å²) in [4.78, 5) is 30.4. The first kappa shape index (κ1) is 17.9. The van der Waals surface area contributed by atoms with Gasteiger partial charge in [-0.15, -0.1) is 11.8 Å². The zero-order valence-corrected chi connectivity index (χ0v) is 16.1. The summed E-state index contributed by atoms with van der Waals surface area (Å²) in [5, 5.41) is 0. The summed E-state index contributed by atoms with van der Waals surface area (Å²) in [6, 6.07) is 15.5. The number of hydrogen-bond acceptors (Lipinski definition) is 4. The van der Waals surface area contributed by atoms with Gasteiger partial charge in [0.25, 0.3) is 0 Å². The van der Waals surface area contributed by atoms with Crippen LogP contribution in [0.4, 0.5) is 11.4 Å². The van der Waals surface area contributed by atoms with Gasteiger partial charge in [-0.2, -0.15) is 0 Å². The number of amides is 2. The highest BCUT2D eigenvalue weighted by atomic mass is 32.2. The van der Waals surface area contributed by atoms with Crippen molar-refractivity contribution in [1.29, 1.82) is 0 Å². The topological polar surface area (TPSA) is 49.9 Å². The minimum absolute atomic E-state index is 0.00261. The Morgan fingerprint density at radius 3 is 2.74 bits per heavy atom. The molecule has 2 heterocycles. The molecule has 0 radical (unpaired) electrons. The Bertz CT molecular complexity index is 853. The van der Waals surface area contributed by atoms with Crippen LogP contribution in [0, 0.1) is 5.92 Å². The van der Waals surface area contributed by atoms with E-state index in [1.165, 1.54) is 0 Å². The van der Waals surface area contributed by atoms with Gasteiger partial charge in [-0.1, -0.05) is 12.1 Å². The molecule has 1 atom stereocenters. The third-order valence-electron chi connectivity index (χ3n) is 4.93. The SMILES string of the molecule is CCOc1ccc(N2CC(C(=O)N3CCSc4ccccc43)CC2=O)cc1. The number of fused-ring (bicyclic) bond motifs is 1. The van der Waals surface area contributed by atoms with E-state index in [1.807, 2.05) is 60.4 Å². The molecule has 4 rings (SSSR count). The number of anilines is 2. The third kappa shape index (κ3) is 3.54. The van der Waals surface area contributed by atoms with E-state index in [4.69, 9.17) is 4.74 Å². The Kier molecular flexibility index (Phi) is 5.07. The van der Waals surface area contributed by atoms with Crippen LogP contribution in [0.1, 0.15) is 13.3 Å². The van der Waals surface area contributed by atoms with E-state index < -0.39 is 0 Å². The first-order valence-electron chi connectivity index (χ1n) is 9.24. The lowest BCUT2D eigenvalue weighted by Gasteiger charge is -2.30. The molecule has 5 nitrogen and oxygen atoms in total. The predicted octanol–water partition coefficient (Wildman–Crippen LogP) is 3.58. The third-order valence-corrected chi connectivity index (χ3v) is 5.97. The maximum atomic E-state index is 13.1. The van der Waals surface area contributed by atoms with Gasteiger partial charge >= 0.3 is 0 Å². The van der Waals surface area contributed by atoms with Gasteiger partial charge in [-0.25, -0.2) is 0 Å². The maximum Gasteiger partial charge on any atom is 0.232 e. The van der Waals surface area contributed by atoms with Crippen LogP contribution in [0.2, 0.25) is 0 Å². The highest BCUT2D eigenvalue weighted by Crippen LogP contribution is 2.36. The van der Waals surface area contributed by atoms with Crippen molar-refractivity contribution in [3.05, 3.63) is 48.5 Å². The minimum atomic E-state index is -0.305. The van der Waals surface area contributed by atoms with Gasteiger partial charge in [0.1, 0.15) is 5.75 Å². The summed E-state index contributed by atoms with van der Waals surface area (Å²) in [6.07, 6.45) is 0.262. The van der Waals surface area contributed by atoms with E-state index in [0.717, 1.165) is 27.8 Å². The van der Waals surface area contributed by atoms with Crippen LogP contribution in [-0.2, 0) is 9.59 Å². The van der Waals surface area contributed by atoms with Crippen molar-refractivity contribution >= 4 is 35.0 Å². The number of benzene rings is 2. The Balaban J connectivity index is 1.50. The molecule has 140 valence electrons. The molecule has 27 heavy (non-hydrogen) atoms. The molecule has 2 amide bonds. The van der Waals surface area contributed by atoms with Gasteiger partial charge in [0.15, 0.2) is 0 Å². The number of carbonyl (C=O) groups excluding carboxylic acids is 2. The summed E-state index contributed by atoms with van der Waals surface area (Å²) in [6.45, 7) is 3.66. The molecule has 1 saturated heterocycles. The standard InChI is InChI=1S/C21H22N2O3S/c1-2-26-17-9-7-16(8-10-17)23-14-15(13-20(23)24)21(25)22-11-12-27-19-6-4-3-5-18(19)22/h3-10,15H,2,11-14H2,1H3. The Morgan fingerprint density at radius 1 is 1.19 bits per heavy atom. The molecular formula is C21H22N2O3S. The minimum Gasteiger partial charge on any atom is -0.494 e. The Hall–Kier alpha value is -2.47. The first-order chi connectivity index (χ1) is 13.2. The molecule has 0 aromatic heterocycles. The van der Waals surface area contributed by atoms with Crippen molar-refractivity contribution in [2.45, 2.75) is 18.2 Å². The molecule has 1 fully saturated rings. The molecule has 0 saturated carbocycles. The first-order valence-corrected chi connectivity index (χ1v) is 10.2. The lowest BCUT2D eigenvalue weighted by atomic mass is 10.1. The van der Waals surface area contributed by atoms with E-state index >= 15 is 0 Å². The van der Waals surface area contributed by atoms with Crippen molar-refractivity contribution in [2.24, 2.45) is 5.92 Å². The predicted molar refractivity (Wildman–Crippen MR) is 108 cm³/mol. The smallest absolute Gasteiger partial charge is 0.232 e. The number of nitrogens with zero attached hydrogens (tertiary/aromatic N) is 2. The van der Waals surface area contributed by atoms with Gasteiger partial charge in [0, 0.05) is 35.8 Å². The summed E-state index contributed by atoms with van der Waals surface area (Å²) in [7, 11) is 0. The number of rotatable bonds is 4. The van der Waals surface area contributed by atoms with Crippen molar-refractivity contribution in [3.8, 4) is 5.75 Å². The van der Waals surface area contributed by atoms with Gasteiger partial charge < -0.3 is 14.5 Å². The molecule has 0 aliphatic carbocycles. The van der Waals surface area contributed by atoms with Crippen molar-refractivity contribution in [3.63, 3.8) is 0 Å². The zero-order valence-electron chi connectivity index (χ0n) is 15.3. The summed E-state index contributed by atoms with van der Waals surface area (Å²) < 4.78 is 5.46. The van der Waals surface area contributed by atoms with Crippen molar-refractivity contribution in [1.82, 2.24) is 0 Å². The molecular weight excluding hydrogens is 360 g/mol. The maximum absolute atomic E-state index is 13.1. The molecule has 2 aromatic carbocycles. The van der Waals surface area contributed by atoms with Gasteiger partial charge in [-0.3, -0.25) is 9.59 Å². The number of hydrogen-bond donors (Lipinski definition) is 0. The molecule has 6 heteroatoms. The number of ether oxygens (including phenoxy) is 1. The zero-order chi connectivity index (χ0) is 18.8. The van der Waals surface area contributed by atoms with E-state index in [1.54, 1.807) is 16.7 Å².